The summed E-state index contributed by atoms with van der Waals surface area (Å²) >= 11 is 0. The van der Waals surface area contributed by atoms with Crippen molar-refractivity contribution in [3.05, 3.63) is 107 Å². The van der Waals surface area contributed by atoms with Crippen LogP contribution in [0.15, 0.2) is 78.9 Å². The van der Waals surface area contributed by atoms with Crippen LogP contribution in [-0.2, 0) is 35.7 Å². The number of methoxy groups -OCH3 is 1. The van der Waals surface area contributed by atoms with E-state index in [0.29, 0.717) is 31.8 Å². The fraction of sp³-hybridized carbons (Fsp3) is 0.543. The van der Waals surface area contributed by atoms with Crippen LogP contribution in [-0.4, -0.2) is 61.6 Å². The highest BCUT2D eigenvalue weighted by atomic mass is 16.5. The summed E-state index contributed by atoms with van der Waals surface area (Å²) in [6.07, 6.45) is 10.5. The number of ketones is 3. The minimum Gasteiger partial charge on any atom is -0.383 e. The van der Waals surface area contributed by atoms with Crippen molar-refractivity contribution in [1.29, 1.82) is 0 Å². The number of carbonyl (C=O) groups is 3. The molecule has 7 nitrogen and oxygen atoms in total. The third kappa shape index (κ3) is 6.99. The maximum absolute atomic E-state index is 15.2. The zero-order valence-electron chi connectivity index (χ0n) is 32.1. The van der Waals surface area contributed by atoms with Crippen molar-refractivity contribution in [2.45, 2.75) is 125 Å². The monoisotopic (exact) mass is 717 g/mol. The van der Waals surface area contributed by atoms with Crippen LogP contribution in [0.4, 0.5) is 0 Å². The average Bonchev–Trinajstić information content (AvgIpc) is 3.73. The van der Waals surface area contributed by atoms with Crippen molar-refractivity contribution >= 4 is 17.3 Å². The molecule has 3 aromatic rings. The Morgan fingerprint density at radius 3 is 1.94 bits per heavy atom. The molecule has 7 heteroatoms. The molecule has 0 spiro atoms. The number of rotatable bonds is 12. The zero-order chi connectivity index (χ0) is 37.1. The van der Waals surface area contributed by atoms with Crippen LogP contribution in [0, 0.1) is 0 Å². The summed E-state index contributed by atoms with van der Waals surface area (Å²) in [5.41, 5.74) is 2.75. The van der Waals surface area contributed by atoms with E-state index in [4.69, 9.17) is 4.74 Å². The lowest BCUT2D eigenvalue weighted by Gasteiger charge is -2.45. The van der Waals surface area contributed by atoms with Crippen molar-refractivity contribution < 1.29 is 19.1 Å². The Morgan fingerprint density at radius 2 is 1.30 bits per heavy atom. The molecule has 0 aromatic heterocycles. The van der Waals surface area contributed by atoms with Gasteiger partial charge >= 0.3 is 0 Å². The van der Waals surface area contributed by atoms with Crippen molar-refractivity contribution in [2.24, 2.45) is 0 Å². The molecule has 5 atom stereocenters. The van der Waals surface area contributed by atoms with Crippen LogP contribution in [0.25, 0.3) is 0 Å². The number of nitrogens with zero attached hydrogens (tertiary/aromatic N) is 1. The number of nitrogens with one attached hydrogen (secondary N) is 2. The molecule has 0 amide bonds. The number of hydrogen-bond donors (Lipinski definition) is 2. The predicted octanol–water partition coefficient (Wildman–Crippen LogP) is 7.82. The molecule has 3 aliphatic carbocycles. The van der Waals surface area contributed by atoms with Gasteiger partial charge in [-0.3, -0.25) is 29.9 Å². The molecule has 3 aromatic carbocycles. The first-order valence-corrected chi connectivity index (χ1v) is 20.4. The van der Waals surface area contributed by atoms with Gasteiger partial charge in [0, 0.05) is 38.0 Å². The van der Waals surface area contributed by atoms with Gasteiger partial charge in [0.25, 0.3) is 0 Å². The molecule has 1 heterocycles. The fourth-order valence-corrected chi connectivity index (χ4v) is 10.5. The van der Waals surface area contributed by atoms with Gasteiger partial charge in [0.2, 0.25) is 0 Å². The molecule has 4 aliphatic rings. The van der Waals surface area contributed by atoms with Crippen molar-refractivity contribution in [3.8, 4) is 0 Å². The minimum absolute atomic E-state index is 0.0676. The van der Waals surface area contributed by atoms with Crippen molar-refractivity contribution in [3.63, 3.8) is 0 Å². The van der Waals surface area contributed by atoms with E-state index in [1.807, 2.05) is 24.3 Å². The Labute approximate surface area is 316 Å². The Kier molecular flexibility index (Phi) is 11.5. The molecule has 5 unspecified atom stereocenters. The number of hydrogen-bond acceptors (Lipinski definition) is 7. The maximum Gasteiger partial charge on any atom is 0.164 e. The molecule has 0 bridgehead atoms. The Hall–Kier alpha value is -3.49. The average molecular weight is 718 g/mol. The van der Waals surface area contributed by atoms with Gasteiger partial charge in [-0.25, -0.2) is 0 Å². The Balaban J connectivity index is 1.23. The second-order valence-electron chi connectivity index (χ2n) is 16.4. The lowest BCUT2D eigenvalue weighted by atomic mass is 9.66. The van der Waals surface area contributed by atoms with Gasteiger partial charge < -0.3 is 4.74 Å². The first kappa shape index (κ1) is 37.8. The normalized spacial score (nSPS) is 29.9. The maximum atomic E-state index is 15.2. The van der Waals surface area contributed by atoms with Crippen molar-refractivity contribution in [2.75, 3.05) is 33.4 Å². The van der Waals surface area contributed by atoms with Crippen LogP contribution in [0.1, 0.15) is 131 Å². The predicted molar refractivity (Wildman–Crippen MR) is 210 cm³/mol. The molecular formula is C46H59N3O4. The third-order valence-corrected chi connectivity index (χ3v) is 12.9. The van der Waals surface area contributed by atoms with Gasteiger partial charge in [-0.1, -0.05) is 85.3 Å². The summed E-state index contributed by atoms with van der Waals surface area (Å²) < 4.78 is 5.38. The number of benzene rings is 3. The summed E-state index contributed by atoms with van der Waals surface area (Å²) in [5, 5.41) is 7.42. The van der Waals surface area contributed by atoms with Gasteiger partial charge in [0.15, 0.2) is 17.3 Å². The Morgan fingerprint density at radius 1 is 0.698 bits per heavy atom. The minimum atomic E-state index is -0.888. The quantitative estimate of drug-likeness (QED) is 0.185. The summed E-state index contributed by atoms with van der Waals surface area (Å²) in [6, 6.07) is 27.1. The summed E-state index contributed by atoms with van der Waals surface area (Å²) in [7, 11) is 1.69. The highest BCUT2D eigenvalue weighted by Crippen LogP contribution is 2.47. The fourth-order valence-electron chi connectivity index (χ4n) is 10.5. The van der Waals surface area contributed by atoms with Gasteiger partial charge in [-0.2, -0.15) is 0 Å². The van der Waals surface area contributed by atoms with E-state index >= 15 is 4.79 Å². The smallest absolute Gasteiger partial charge is 0.164 e. The van der Waals surface area contributed by atoms with Crippen LogP contribution < -0.4 is 10.6 Å². The molecule has 4 fully saturated rings. The van der Waals surface area contributed by atoms with E-state index in [2.05, 4.69) is 84.0 Å². The molecular weight excluding hydrogens is 659 g/mol. The lowest BCUT2D eigenvalue weighted by molar-refractivity contribution is -0.134. The highest BCUT2D eigenvalue weighted by Gasteiger charge is 2.50. The van der Waals surface area contributed by atoms with E-state index in [0.717, 1.165) is 105 Å². The van der Waals surface area contributed by atoms with E-state index < -0.39 is 16.6 Å². The van der Waals surface area contributed by atoms with E-state index in [-0.39, 0.29) is 29.4 Å². The first-order chi connectivity index (χ1) is 25.7. The van der Waals surface area contributed by atoms with Crippen LogP contribution in [0.5, 0.6) is 0 Å². The summed E-state index contributed by atoms with van der Waals surface area (Å²) in [5.74, 6) is 0.124. The van der Waals surface area contributed by atoms with Gasteiger partial charge in [0.1, 0.15) is 16.6 Å². The number of likely N-dealkylation sites (tertiary alicyclic amines) is 1. The summed E-state index contributed by atoms with van der Waals surface area (Å²) in [6.45, 7) is 7.23. The van der Waals surface area contributed by atoms with Gasteiger partial charge in [0.05, 0.1) is 6.61 Å². The van der Waals surface area contributed by atoms with E-state index in [1.54, 1.807) is 7.11 Å². The van der Waals surface area contributed by atoms with Crippen LogP contribution in [0.3, 0.4) is 0 Å². The lowest BCUT2D eigenvalue weighted by Crippen LogP contribution is -2.56. The molecule has 3 saturated carbocycles. The number of Topliss-reactive ketones (excluding diaryl/α,β-unsaturated/α-hetero) is 3. The van der Waals surface area contributed by atoms with E-state index in [9.17, 15) is 9.59 Å². The molecule has 0 radical (unpaired) electrons. The second kappa shape index (κ2) is 16.1. The second-order valence-corrected chi connectivity index (χ2v) is 16.4. The Bertz CT molecular complexity index is 1770. The van der Waals surface area contributed by atoms with Gasteiger partial charge in [-0.05, 0) is 119 Å². The van der Waals surface area contributed by atoms with Crippen LogP contribution in [0.2, 0.25) is 0 Å². The topological polar surface area (TPSA) is 87.7 Å². The van der Waals surface area contributed by atoms with Gasteiger partial charge in [-0.15, -0.1) is 0 Å². The highest BCUT2D eigenvalue weighted by molar-refractivity contribution is 5.98. The molecule has 1 aliphatic heterocycles. The molecule has 2 N–H and O–H groups in total. The SMILES string of the molecule is COCCNC1(c2ccccc2)CCCC(c2cccc(C3(NC(C)C)CCCC(c4cccc(C5(N6CCCC6)CCCCC5=O)c4)C3=O)c2)C1=O. The molecule has 7 rings (SSSR count). The molecule has 1 saturated heterocycles. The van der Waals surface area contributed by atoms with E-state index in [1.165, 1.54) is 0 Å². The molecule has 53 heavy (non-hydrogen) atoms. The standard InChI is InChI=1S/C46H59N3O4/c1-33(2)48-45(37-19-11-15-34(31-37)39-21-13-24-44(42(39)51,47-27-30-53-3)36-17-5-4-6-18-36)25-14-22-40(43(45)52)35-16-12-20-38(32-35)46(49-28-9-10-29-49)26-8-7-23-41(46)50/h4-6,11-12,15-20,31-33,39-40,47-48H,7-10,13-14,21-30H2,1-3H3. The van der Waals surface area contributed by atoms with Crippen LogP contribution >= 0.6 is 0 Å². The summed E-state index contributed by atoms with van der Waals surface area (Å²) in [4.78, 5) is 46.3. The van der Waals surface area contributed by atoms with Crippen molar-refractivity contribution in [1.82, 2.24) is 15.5 Å². The number of ether oxygens (including phenoxy) is 1. The zero-order valence-corrected chi connectivity index (χ0v) is 32.1. The largest absolute Gasteiger partial charge is 0.383 e. The first-order valence-electron chi connectivity index (χ1n) is 20.4. The number of carbonyl (C=O) groups excluding carboxylic acids is 3. The molecule has 282 valence electrons. The third-order valence-electron chi connectivity index (χ3n) is 12.9.